The van der Waals surface area contributed by atoms with Crippen LogP contribution in [-0.4, -0.2) is 21.3 Å². The minimum atomic E-state index is -0.510. The van der Waals surface area contributed by atoms with E-state index < -0.39 is 5.97 Å². The summed E-state index contributed by atoms with van der Waals surface area (Å²) in [6.07, 6.45) is 3.35. The maximum absolute atomic E-state index is 10.8. The van der Waals surface area contributed by atoms with E-state index in [0.717, 1.165) is 0 Å². The topological polar surface area (TPSA) is 87.0 Å². The molecule has 3 N–H and O–H groups in total. The standard InChI is InChI=1S/C16H14O5/c1-10(17)21-16-5-4-11(8-15(16)20)2-3-12-6-13(18)9-14(19)7-12/h2-9,18-20H,1H3. The van der Waals surface area contributed by atoms with Crippen molar-refractivity contribution in [2.75, 3.05) is 0 Å². The van der Waals surface area contributed by atoms with Gasteiger partial charge in [0.2, 0.25) is 0 Å². The Kier molecular flexibility index (Phi) is 4.13. The van der Waals surface area contributed by atoms with Gasteiger partial charge in [-0.3, -0.25) is 4.79 Å². The average molecular weight is 286 g/mol. The molecule has 0 atom stereocenters. The van der Waals surface area contributed by atoms with Crippen LogP contribution in [0.15, 0.2) is 36.4 Å². The molecule has 0 aromatic heterocycles. The molecule has 2 aromatic carbocycles. The van der Waals surface area contributed by atoms with Crippen LogP contribution in [0, 0.1) is 0 Å². The Bertz CT molecular complexity index is 684. The summed E-state index contributed by atoms with van der Waals surface area (Å²) >= 11 is 0. The smallest absolute Gasteiger partial charge is 0.308 e. The minimum Gasteiger partial charge on any atom is -0.508 e. The zero-order chi connectivity index (χ0) is 15.4. The number of aromatic hydroxyl groups is 3. The van der Waals surface area contributed by atoms with E-state index in [2.05, 4.69) is 0 Å². The second-order valence-electron chi connectivity index (χ2n) is 4.44. The summed E-state index contributed by atoms with van der Waals surface area (Å²) in [5.41, 5.74) is 1.28. The fraction of sp³-hybridized carbons (Fsp3) is 0.0625. The highest BCUT2D eigenvalue weighted by Crippen LogP contribution is 2.28. The van der Waals surface area contributed by atoms with Crippen molar-refractivity contribution in [1.82, 2.24) is 0 Å². The normalized spacial score (nSPS) is 10.7. The number of carbonyl (C=O) groups excluding carboxylic acids is 1. The van der Waals surface area contributed by atoms with Gasteiger partial charge < -0.3 is 20.1 Å². The number of benzene rings is 2. The molecule has 108 valence electrons. The van der Waals surface area contributed by atoms with E-state index in [4.69, 9.17) is 4.74 Å². The highest BCUT2D eigenvalue weighted by atomic mass is 16.5. The molecule has 0 saturated carbocycles. The van der Waals surface area contributed by atoms with Crippen LogP contribution in [-0.2, 0) is 4.79 Å². The Morgan fingerprint density at radius 3 is 2.14 bits per heavy atom. The Morgan fingerprint density at radius 1 is 0.952 bits per heavy atom. The van der Waals surface area contributed by atoms with E-state index in [1.165, 1.54) is 37.3 Å². The first-order valence-corrected chi connectivity index (χ1v) is 6.16. The van der Waals surface area contributed by atoms with Gasteiger partial charge in [-0.05, 0) is 35.4 Å². The van der Waals surface area contributed by atoms with E-state index in [9.17, 15) is 20.1 Å². The number of hydrogen-bond donors (Lipinski definition) is 3. The zero-order valence-corrected chi connectivity index (χ0v) is 11.3. The summed E-state index contributed by atoms with van der Waals surface area (Å²) < 4.78 is 4.82. The van der Waals surface area contributed by atoms with Gasteiger partial charge in [-0.1, -0.05) is 18.2 Å². The van der Waals surface area contributed by atoms with Crippen molar-refractivity contribution in [2.24, 2.45) is 0 Å². The number of rotatable bonds is 3. The van der Waals surface area contributed by atoms with Gasteiger partial charge in [0.1, 0.15) is 11.5 Å². The number of carbonyl (C=O) groups is 1. The molecule has 0 heterocycles. The molecule has 0 radical (unpaired) electrons. The van der Waals surface area contributed by atoms with Gasteiger partial charge in [0.05, 0.1) is 0 Å². The van der Waals surface area contributed by atoms with Gasteiger partial charge in [0.25, 0.3) is 0 Å². The third-order valence-corrected chi connectivity index (χ3v) is 2.63. The first kappa shape index (κ1) is 14.5. The van der Waals surface area contributed by atoms with Crippen molar-refractivity contribution in [2.45, 2.75) is 6.92 Å². The summed E-state index contributed by atoms with van der Waals surface area (Å²) in [6, 6.07) is 8.80. The molecule has 0 aliphatic carbocycles. The molecule has 0 fully saturated rings. The quantitative estimate of drug-likeness (QED) is 0.459. The first-order valence-electron chi connectivity index (χ1n) is 6.16. The third kappa shape index (κ3) is 4.01. The molecule has 2 aromatic rings. The largest absolute Gasteiger partial charge is 0.508 e. The molecule has 0 aliphatic heterocycles. The van der Waals surface area contributed by atoms with Crippen molar-refractivity contribution >= 4 is 18.1 Å². The van der Waals surface area contributed by atoms with E-state index in [1.807, 2.05) is 0 Å². The SMILES string of the molecule is CC(=O)Oc1ccc(C=Cc2cc(O)cc(O)c2)cc1O. The lowest BCUT2D eigenvalue weighted by Gasteiger charge is -2.04. The zero-order valence-electron chi connectivity index (χ0n) is 11.3. The van der Waals surface area contributed by atoms with Crippen LogP contribution in [0.25, 0.3) is 12.2 Å². The van der Waals surface area contributed by atoms with Gasteiger partial charge in [0, 0.05) is 13.0 Å². The summed E-state index contributed by atoms with van der Waals surface area (Å²) in [7, 11) is 0. The fourth-order valence-electron chi connectivity index (χ4n) is 1.79. The fourth-order valence-corrected chi connectivity index (χ4v) is 1.79. The second-order valence-corrected chi connectivity index (χ2v) is 4.44. The summed E-state index contributed by atoms with van der Waals surface area (Å²) in [4.78, 5) is 10.8. The molecule has 5 nitrogen and oxygen atoms in total. The number of phenolic OH excluding ortho intramolecular Hbond substituents is 3. The number of hydrogen-bond acceptors (Lipinski definition) is 5. The molecular formula is C16H14O5. The molecule has 21 heavy (non-hydrogen) atoms. The minimum absolute atomic E-state index is 0.0392. The van der Waals surface area contributed by atoms with Gasteiger partial charge in [-0.2, -0.15) is 0 Å². The lowest BCUT2D eigenvalue weighted by molar-refractivity contribution is -0.132. The Balaban J connectivity index is 2.21. The van der Waals surface area contributed by atoms with E-state index in [0.29, 0.717) is 11.1 Å². The van der Waals surface area contributed by atoms with Crippen LogP contribution in [0.5, 0.6) is 23.0 Å². The Morgan fingerprint density at radius 2 is 1.57 bits per heavy atom. The average Bonchev–Trinajstić information content (AvgIpc) is 2.38. The van der Waals surface area contributed by atoms with Crippen molar-refractivity contribution in [1.29, 1.82) is 0 Å². The Labute approximate surface area is 121 Å². The predicted molar refractivity (Wildman–Crippen MR) is 78.1 cm³/mol. The van der Waals surface area contributed by atoms with E-state index in [-0.39, 0.29) is 23.0 Å². The highest BCUT2D eigenvalue weighted by molar-refractivity contribution is 5.74. The van der Waals surface area contributed by atoms with Crippen LogP contribution < -0.4 is 4.74 Å². The van der Waals surface area contributed by atoms with Crippen LogP contribution in [0.1, 0.15) is 18.1 Å². The van der Waals surface area contributed by atoms with E-state index >= 15 is 0 Å². The summed E-state index contributed by atoms with van der Waals surface area (Å²) in [6.45, 7) is 1.25. The first-order chi connectivity index (χ1) is 9.94. The summed E-state index contributed by atoms with van der Waals surface area (Å²) in [5.74, 6) is -0.644. The number of esters is 1. The monoisotopic (exact) mass is 286 g/mol. The van der Waals surface area contributed by atoms with Gasteiger partial charge in [0.15, 0.2) is 11.5 Å². The van der Waals surface area contributed by atoms with Gasteiger partial charge in [-0.15, -0.1) is 0 Å². The highest BCUT2D eigenvalue weighted by Gasteiger charge is 2.05. The third-order valence-electron chi connectivity index (χ3n) is 2.63. The van der Waals surface area contributed by atoms with Crippen molar-refractivity contribution < 1.29 is 24.9 Å². The molecule has 0 spiro atoms. The second kappa shape index (κ2) is 6.00. The summed E-state index contributed by atoms with van der Waals surface area (Å²) in [5, 5.41) is 28.5. The predicted octanol–water partition coefficient (Wildman–Crippen LogP) is 2.90. The van der Waals surface area contributed by atoms with Crippen LogP contribution in [0.4, 0.5) is 0 Å². The molecular weight excluding hydrogens is 272 g/mol. The van der Waals surface area contributed by atoms with Crippen LogP contribution in [0.3, 0.4) is 0 Å². The lowest BCUT2D eigenvalue weighted by Crippen LogP contribution is -2.01. The number of ether oxygens (including phenoxy) is 1. The maximum Gasteiger partial charge on any atom is 0.308 e. The van der Waals surface area contributed by atoms with Gasteiger partial charge >= 0.3 is 5.97 Å². The number of phenols is 3. The van der Waals surface area contributed by atoms with Gasteiger partial charge in [-0.25, -0.2) is 0 Å². The van der Waals surface area contributed by atoms with Crippen molar-refractivity contribution in [3.8, 4) is 23.0 Å². The lowest BCUT2D eigenvalue weighted by atomic mass is 10.1. The Hall–Kier alpha value is -2.95. The maximum atomic E-state index is 10.8. The molecule has 0 saturated heterocycles. The molecule has 0 amide bonds. The molecule has 0 aliphatic rings. The van der Waals surface area contributed by atoms with Crippen molar-refractivity contribution in [3.05, 3.63) is 47.5 Å². The van der Waals surface area contributed by atoms with Crippen LogP contribution in [0.2, 0.25) is 0 Å². The molecule has 0 unspecified atom stereocenters. The van der Waals surface area contributed by atoms with Crippen molar-refractivity contribution in [3.63, 3.8) is 0 Å². The molecule has 0 bridgehead atoms. The molecule has 5 heteroatoms. The van der Waals surface area contributed by atoms with E-state index in [1.54, 1.807) is 18.2 Å². The molecule has 2 rings (SSSR count). The van der Waals surface area contributed by atoms with Crippen LogP contribution >= 0.6 is 0 Å².